The lowest BCUT2D eigenvalue weighted by molar-refractivity contribution is 1.19. The average Bonchev–Trinajstić information content (AvgIpc) is 2.39. The molecule has 0 amide bonds. The molecule has 0 bridgehead atoms. The number of thioether (sulfide) groups is 1. The van der Waals surface area contributed by atoms with Crippen molar-refractivity contribution >= 4 is 17.6 Å². The van der Waals surface area contributed by atoms with Gasteiger partial charge in [0.1, 0.15) is 5.82 Å². The highest BCUT2D eigenvalue weighted by atomic mass is 32.2. The summed E-state index contributed by atoms with van der Waals surface area (Å²) in [5, 5.41) is 2.95. The van der Waals surface area contributed by atoms with E-state index in [0.29, 0.717) is 0 Å². The second kappa shape index (κ2) is 4.99. The van der Waals surface area contributed by atoms with Gasteiger partial charge in [-0.05, 0) is 18.4 Å². The Bertz CT molecular complexity index is 405. The molecule has 4 heteroatoms. The zero-order valence-corrected chi connectivity index (χ0v) is 10.1. The summed E-state index contributed by atoms with van der Waals surface area (Å²) in [5.74, 6) is 0.782. The minimum atomic E-state index is 0.782. The molecule has 0 radical (unpaired) electrons. The van der Waals surface area contributed by atoms with Crippen LogP contribution in [0.2, 0.25) is 0 Å². The summed E-state index contributed by atoms with van der Waals surface area (Å²) in [6.07, 6.45) is 5.58. The minimum absolute atomic E-state index is 0.782. The van der Waals surface area contributed by atoms with Crippen molar-refractivity contribution in [2.75, 3.05) is 18.6 Å². The van der Waals surface area contributed by atoms with Crippen LogP contribution in [0.25, 0.3) is 11.3 Å². The topological polar surface area (TPSA) is 37.8 Å². The maximum absolute atomic E-state index is 4.34. The third-order valence-electron chi connectivity index (χ3n) is 2.29. The summed E-state index contributed by atoms with van der Waals surface area (Å²) in [4.78, 5) is 9.83. The number of hydrogen-bond donors (Lipinski definition) is 1. The fraction of sp³-hybridized carbons (Fsp3) is 0.167. The zero-order valence-electron chi connectivity index (χ0n) is 9.27. The van der Waals surface area contributed by atoms with Gasteiger partial charge >= 0.3 is 0 Å². The number of hydrogen-bond acceptors (Lipinski definition) is 4. The quantitative estimate of drug-likeness (QED) is 0.824. The van der Waals surface area contributed by atoms with E-state index >= 15 is 0 Å². The van der Waals surface area contributed by atoms with Gasteiger partial charge in [0, 0.05) is 17.5 Å². The molecule has 0 aliphatic rings. The fourth-order valence-electron chi connectivity index (χ4n) is 1.37. The molecule has 0 spiro atoms. The van der Waals surface area contributed by atoms with Crippen molar-refractivity contribution in [2.45, 2.75) is 4.90 Å². The van der Waals surface area contributed by atoms with Crippen LogP contribution in [0.1, 0.15) is 0 Å². The Hall–Kier alpha value is -1.55. The van der Waals surface area contributed by atoms with Crippen molar-refractivity contribution in [2.24, 2.45) is 0 Å². The highest BCUT2D eigenvalue weighted by Gasteiger charge is 2.00. The second-order valence-corrected chi connectivity index (χ2v) is 4.15. The highest BCUT2D eigenvalue weighted by molar-refractivity contribution is 7.98. The molecule has 0 saturated heterocycles. The molecule has 2 rings (SSSR count). The van der Waals surface area contributed by atoms with Crippen molar-refractivity contribution in [1.82, 2.24) is 9.97 Å². The Morgan fingerprint density at radius 1 is 1.06 bits per heavy atom. The van der Waals surface area contributed by atoms with Gasteiger partial charge in [0.05, 0.1) is 18.1 Å². The van der Waals surface area contributed by atoms with E-state index in [1.165, 1.54) is 4.90 Å². The lowest BCUT2D eigenvalue weighted by atomic mass is 10.2. The molecule has 0 saturated carbocycles. The monoisotopic (exact) mass is 231 g/mol. The number of anilines is 1. The SMILES string of the molecule is CNc1cnc(-c2ccc(SC)cc2)cn1. The van der Waals surface area contributed by atoms with Gasteiger partial charge in [-0.1, -0.05) is 12.1 Å². The molecule has 1 aromatic carbocycles. The summed E-state index contributed by atoms with van der Waals surface area (Å²) < 4.78 is 0. The molecule has 1 heterocycles. The van der Waals surface area contributed by atoms with E-state index in [2.05, 4.69) is 45.8 Å². The molecular formula is C12H13N3S. The van der Waals surface area contributed by atoms with E-state index in [1.54, 1.807) is 24.2 Å². The van der Waals surface area contributed by atoms with E-state index in [1.807, 2.05) is 7.05 Å². The Kier molecular flexibility index (Phi) is 3.41. The van der Waals surface area contributed by atoms with E-state index in [0.717, 1.165) is 17.1 Å². The van der Waals surface area contributed by atoms with Crippen molar-refractivity contribution in [1.29, 1.82) is 0 Å². The standard InChI is InChI=1S/C12H13N3S/c1-13-12-8-14-11(7-15-12)9-3-5-10(16-2)6-4-9/h3-8H,1-2H3,(H,13,15). The maximum atomic E-state index is 4.34. The number of nitrogens with zero attached hydrogens (tertiary/aromatic N) is 2. The molecule has 16 heavy (non-hydrogen) atoms. The summed E-state index contributed by atoms with van der Waals surface area (Å²) in [7, 11) is 1.83. The van der Waals surface area contributed by atoms with Gasteiger partial charge in [0.25, 0.3) is 0 Å². The van der Waals surface area contributed by atoms with Crippen LogP contribution in [0.5, 0.6) is 0 Å². The minimum Gasteiger partial charge on any atom is -0.372 e. The van der Waals surface area contributed by atoms with Gasteiger partial charge in [0.15, 0.2) is 0 Å². The van der Waals surface area contributed by atoms with Crippen LogP contribution in [0, 0.1) is 0 Å². The Morgan fingerprint density at radius 2 is 1.81 bits per heavy atom. The number of rotatable bonds is 3. The lowest BCUT2D eigenvalue weighted by Crippen LogP contribution is -1.93. The molecule has 1 aromatic heterocycles. The smallest absolute Gasteiger partial charge is 0.144 e. The van der Waals surface area contributed by atoms with E-state index < -0.39 is 0 Å². The summed E-state index contributed by atoms with van der Waals surface area (Å²) >= 11 is 1.73. The van der Waals surface area contributed by atoms with Gasteiger partial charge in [0.2, 0.25) is 0 Å². The lowest BCUT2D eigenvalue weighted by Gasteiger charge is -2.03. The summed E-state index contributed by atoms with van der Waals surface area (Å²) in [6.45, 7) is 0. The molecule has 0 unspecified atom stereocenters. The van der Waals surface area contributed by atoms with Crippen LogP contribution >= 0.6 is 11.8 Å². The number of aromatic nitrogens is 2. The number of benzene rings is 1. The molecule has 0 fully saturated rings. The van der Waals surface area contributed by atoms with Crippen LogP contribution in [0.4, 0.5) is 5.82 Å². The van der Waals surface area contributed by atoms with Crippen LogP contribution in [-0.2, 0) is 0 Å². The molecule has 1 N–H and O–H groups in total. The van der Waals surface area contributed by atoms with Gasteiger partial charge < -0.3 is 5.32 Å². The Morgan fingerprint density at radius 3 is 2.31 bits per heavy atom. The van der Waals surface area contributed by atoms with Crippen molar-refractivity contribution in [3.63, 3.8) is 0 Å². The highest BCUT2D eigenvalue weighted by Crippen LogP contribution is 2.21. The third-order valence-corrected chi connectivity index (χ3v) is 3.04. The first kappa shape index (κ1) is 11.0. The second-order valence-electron chi connectivity index (χ2n) is 3.27. The molecule has 3 nitrogen and oxygen atoms in total. The van der Waals surface area contributed by atoms with Crippen molar-refractivity contribution in [3.8, 4) is 11.3 Å². The predicted octanol–water partition coefficient (Wildman–Crippen LogP) is 2.91. The van der Waals surface area contributed by atoms with Crippen LogP contribution < -0.4 is 5.32 Å². The van der Waals surface area contributed by atoms with Crippen molar-refractivity contribution < 1.29 is 0 Å². The van der Waals surface area contributed by atoms with E-state index in [-0.39, 0.29) is 0 Å². The Labute approximate surface area is 99.3 Å². The van der Waals surface area contributed by atoms with E-state index in [9.17, 15) is 0 Å². The molecule has 0 aliphatic heterocycles. The molecule has 2 aromatic rings. The predicted molar refractivity (Wildman–Crippen MR) is 68.8 cm³/mol. The van der Waals surface area contributed by atoms with Gasteiger partial charge in [-0.3, -0.25) is 4.98 Å². The van der Waals surface area contributed by atoms with Crippen LogP contribution in [0.15, 0.2) is 41.6 Å². The van der Waals surface area contributed by atoms with Crippen molar-refractivity contribution in [3.05, 3.63) is 36.7 Å². The number of nitrogens with one attached hydrogen (secondary N) is 1. The Balaban J connectivity index is 2.28. The normalized spacial score (nSPS) is 10.1. The molecule has 0 aliphatic carbocycles. The largest absolute Gasteiger partial charge is 0.372 e. The molecular weight excluding hydrogens is 218 g/mol. The maximum Gasteiger partial charge on any atom is 0.144 e. The first-order chi connectivity index (χ1) is 7.83. The van der Waals surface area contributed by atoms with Gasteiger partial charge in [-0.2, -0.15) is 0 Å². The average molecular weight is 231 g/mol. The fourth-order valence-corrected chi connectivity index (χ4v) is 1.78. The molecule has 82 valence electrons. The zero-order chi connectivity index (χ0) is 11.4. The first-order valence-electron chi connectivity index (χ1n) is 4.97. The molecule has 0 atom stereocenters. The summed E-state index contributed by atoms with van der Waals surface area (Å²) in [6, 6.07) is 8.31. The van der Waals surface area contributed by atoms with E-state index in [4.69, 9.17) is 0 Å². The van der Waals surface area contributed by atoms with Crippen LogP contribution in [0.3, 0.4) is 0 Å². The summed E-state index contributed by atoms with van der Waals surface area (Å²) in [5.41, 5.74) is 1.99. The van der Waals surface area contributed by atoms with Gasteiger partial charge in [-0.15, -0.1) is 11.8 Å². The third kappa shape index (κ3) is 2.33. The van der Waals surface area contributed by atoms with Crippen LogP contribution in [-0.4, -0.2) is 23.3 Å². The first-order valence-corrected chi connectivity index (χ1v) is 6.20. The van der Waals surface area contributed by atoms with Gasteiger partial charge in [-0.25, -0.2) is 4.98 Å².